The van der Waals surface area contributed by atoms with Gasteiger partial charge in [0.15, 0.2) is 0 Å². The van der Waals surface area contributed by atoms with Crippen molar-refractivity contribution in [2.45, 2.75) is 77.2 Å². The molecule has 0 saturated heterocycles. The van der Waals surface area contributed by atoms with Crippen LogP contribution >= 0.6 is 0 Å². The molecule has 5 nitrogen and oxygen atoms in total. The molecule has 140 valence electrons. The fraction of sp³-hybridized carbons (Fsp3) is 0.762. The average molecular weight is 355 g/mol. The van der Waals surface area contributed by atoms with Crippen LogP contribution in [0.2, 0.25) is 0 Å². The number of nitriles is 1. The number of hydrogen-bond donors (Lipinski definition) is 1. The van der Waals surface area contributed by atoms with Crippen molar-refractivity contribution in [1.29, 1.82) is 5.26 Å². The number of fused-ring (bicyclic) bond motifs is 3. The zero-order valence-electron chi connectivity index (χ0n) is 16.0. The van der Waals surface area contributed by atoms with Gasteiger partial charge < -0.3 is 9.52 Å². The highest BCUT2D eigenvalue weighted by Gasteiger charge is 2.56. The van der Waals surface area contributed by atoms with Crippen LogP contribution in [0, 0.1) is 41.4 Å². The molecule has 3 aliphatic rings. The van der Waals surface area contributed by atoms with Gasteiger partial charge >= 0.3 is 0 Å². The van der Waals surface area contributed by atoms with Gasteiger partial charge in [-0.1, -0.05) is 25.5 Å². The number of aromatic nitrogens is 2. The summed E-state index contributed by atoms with van der Waals surface area (Å²) < 4.78 is 5.85. The Labute approximate surface area is 155 Å². The fourth-order valence-corrected chi connectivity index (χ4v) is 6.23. The molecule has 1 heterocycles. The first-order chi connectivity index (χ1) is 12.4. The monoisotopic (exact) mass is 355 g/mol. The van der Waals surface area contributed by atoms with Gasteiger partial charge in [0, 0.05) is 18.8 Å². The highest BCUT2D eigenvalue weighted by molar-refractivity contribution is 5.26. The fourth-order valence-electron chi connectivity index (χ4n) is 6.23. The molecule has 5 heteroatoms. The van der Waals surface area contributed by atoms with Crippen LogP contribution in [0.5, 0.6) is 0 Å². The summed E-state index contributed by atoms with van der Waals surface area (Å²) in [5, 5.41) is 28.1. The largest absolute Gasteiger partial charge is 0.425 e. The number of allylic oxidation sites excluding steroid dienone is 1. The van der Waals surface area contributed by atoms with Crippen LogP contribution < -0.4 is 0 Å². The molecule has 4 rings (SSSR count). The topological polar surface area (TPSA) is 82.9 Å². The molecule has 0 aromatic carbocycles. The van der Waals surface area contributed by atoms with E-state index in [1.165, 1.54) is 5.57 Å². The van der Waals surface area contributed by atoms with Crippen molar-refractivity contribution >= 4 is 0 Å². The van der Waals surface area contributed by atoms with Crippen molar-refractivity contribution in [3.05, 3.63) is 23.4 Å². The summed E-state index contributed by atoms with van der Waals surface area (Å²) in [6, 6.07) is 2.44. The summed E-state index contributed by atoms with van der Waals surface area (Å²) in [7, 11) is 0. The molecule has 0 bridgehead atoms. The van der Waals surface area contributed by atoms with E-state index >= 15 is 0 Å². The Hall–Kier alpha value is -1.67. The SMILES string of the molecule is Cc1nnc([C@@]2(C)CC[C@H]3[C@@H](CC=C4C[C@@H](O)CC[C@@]43C)[C@@H]2CC#N)o1. The smallest absolute Gasteiger partial charge is 0.222 e. The van der Waals surface area contributed by atoms with Gasteiger partial charge in [-0.05, 0) is 61.7 Å². The first-order valence-electron chi connectivity index (χ1n) is 9.93. The summed E-state index contributed by atoms with van der Waals surface area (Å²) in [6.45, 7) is 6.43. The molecule has 1 N–H and O–H groups in total. The molecule has 1 aromatic rings. The highest BCUT2D eigenvalue weighted by atomic mass is 16.4. The second-order valence-electron chi connectivity index (χ2n) is 9.10. The molecule has 26 heavy (non-hydrogen) atoms. The van der Waals surface area contributed by atoms with E-state index in [4.69, 9.17) is 4.42 Å². The average Bonchev–Trinajstić information content (AvgIpc) is 3.05. The zero-order chi connectivity index (χ0) is 18.5. The maximum Gasteiger partial charge on any atom is 0.222 e. The third kappa shape index (κ3) is 2.53. The normalized spacial score (nSPS) is 42.3. The minimum atomic E-state index is -0.228. The second-order valence-corrected chi connectivity index (χ2v) is 9.10. The Kier molecular flexibility index (Phi) is 4.23. The van der Waals surface area contributed by atoms with Gasteiger partial charge in [-0.25, -0.2) is 0 Å². The zero-order valence-corrected chi connectivity index (χ0v) is 16.0. The van der Waals surface area contributed by atoms with Gasteiger partial charge in [-0.2, -0.15) is 5.26 Å². The molecule has 6 atom stereocenters. The molecule has 0 aliphatic heterocycles. The maximum absolute atomic E-state index is 10.1. The Morgan fingerprint density at radius 3 is 2.73 bits per heavy atom. The van der Waals surface area contributed by atoms with E-state index in [-0.39, 0.29) is 22.9 Å². The maximum atomic E-state index is 10.1. The Bertz CT molecular complexity index is 764. The summed E-state index contributed by atoms with van der Waals surface area (Å²) in [5.41, 5.74) is 1.39. The predicted octanol–water partition coefficient (Wildman–Crippen LogP) is 4.07. The summed E-state index contributed by atoms with van der Waals surface area (Å²) in [5.74, 6) is 2.56. The second kappa shape index (κ2) is 6.20. The number of aryl methyl sites for hydroxylation is 1. The predicted molar refractivity (Wildman–Crippen MR) is 97.0 cm³/mol. The van der Waals surface area contributed by atoms with Crippen LogP contribution in [0.1, 0.15) is 70.6 Å². The lowest BCUT2D eigenvalue weighted by molar-refractivity contribution is -0.0276. The van der Waals surface area contributed by atoms with Crippen molar-refractivity contribution in [2.24, 2.45) is 23.2 Å². The van der Waals surface area contributed by atoms with Gasteiger partial charge in [-0.3, -0.25) is 0 Å². The van der Waals surface area contributed by atoms with Crippen LogP contribution in [0.25, 0.3) is 0 Å². The van der Waals surface area contributed by atoms with Crippen LogP contribution in [-0.2, 0) is 5.41 Å². The number of nitrogens with zero attached hydrogens (tertiary/aromatic N) is 3. The molecule has 0 unspecified atom stereocenters. The molecule has 1 aromatic heterocycles. The van der Waals surface area contributed by atoms with E-state index in [1.807, 2.05) is 6.92 Å². The van der Waals surface area contributed by atoms with E-state index < -0.39 is 0 Å². The minimum Gasteiger partial charge on any atom is -0.425 e. The lowest BCUT2D eigenvalue weighted by Gasteiger charge is -2.57. The Balaban J connectivity index is 1.72. The van der Waals surface area contributed by atoms with Gasteiger partial charge in [0.25, 0.3) is 0 Å². The first kappa shape index (κ1) is 17.7. The summed E-state index contributed by atoms with van der Waals surface area (Å²) in [4.78, 5) is 0. The summed E-state index contributed by atoms with van der Waals surface area (Å²) >= 11 is 0. The highest BCUT2D eigenvalue weighted by Crippen LogP contribution is 2.61. The van der Waals surface area contributed by atoms with Crippen LogP contribution in [0.15, 0.2) is 16.1 Å². The van der Waals surface area contributed by atoms with Crippen LogP contribution in [0.3, 0.4) is 0 Å². The van der Waals surface area contributed by atoms with E-state index in [0.717, 1.165) is 38.5 Å². The van der Waals surface area contributed by atoms with E-state index in [1.54, 1.807) is 0 Å². The Morgan fingerprint density at radius 2 is 2.04 bits per heavy atom. The third-order valence-corrected chi connectivity index (χ3v) is 7.79. The van der Waals surface area contributed by atoms with E-state index in [0.29, 0.717) is 30.0 Å². The summed E-state index contributed by atoms with van der Waals surface area (Å²) in [6.07, 6.45) is 8.58. The molecule has 0 spiro atoms. The van der Waals surface area contributed by atoms with Gasteiger partial charge in [0.05, 0.1) is 12.2 Å². The molecular formula is C21H29N3O2. The standard InChI is InChI=1S/C21H29N3O2/c1-13-23-24-19(26-13)21(3)10-7-17-16(18(21)8-11-22)5-4-14-12-15(25)6-9-20(14,17)2/h4,15-18,25H,5-10,12H2,1-3H3/t15-,16+,17-,18-,20-,21-/m0/s1. The van der Waals surface area contributed by atoms with Crippen molar-refractivity contribution in [3.8, 4) is 6.07 Å². The van der Waals surface area contributed by atoms with Crippen LogP contribution in [-0.4, -0.2) is 21.4 Å². The molecule has 3 aliphatic carbocycles. The lowest BCUT2D eigenvalue weighted by Crippen LogP contribution is -2.52. The van der Waals surface area contributed by atoms with Crippen molar-refractivity contribution < 1.29 is 9.52 Å². The van der Waals surface area contributed by atoms with E-state index in [9.17, 15) is 10.4 Å². The molecule has 2 fully saturated rings. The van der Waals surface area contributed by atoms with Gasteiger partial charge in [-0.15, -0.1) is 10.2 Å². The minimum absolute atomic E-state index is 0.169. The van der Waals surface area contributed by atoms with Crippen LogP contribution in [0.4, 0.5) is 0 Å². The van der Waals surface area contributed by atoms with Gasteiger partial charge in [0.2, 0.25) is 11.8 Å². The molecule has 0 radical (unpaired) electrons. The lowest BCUT2D eigenvalue weighted by atomic mass is 9.47. The van der Waals surface area contributed by atoms with Gasteiger partial charge in [0.1, 0.15) is 0 Å². The first-order valence-corrected chi connectivity index (χ1v) is 9.93. The Morgan fingerprint density at radius 1 is 1.27 bits per heavy atom. The number of aliphatic hydroxyl groups excluding tert-OH is 1. The quantitative estimate of drug-likeness (QED) is 0.809. The molecular weight excluding hydrogens is 326 g/mol. The van der Waals surface area contributed by atoms with Crippen molar-refractivity contribution in [2.75, 3.05) is 0 Å². The molecule has 0 amide bonds. The molecule has 2 saturated carbocycles. The van der Waals surface area contributed by atoms with Crippen molar-refractivity contribution in [1.82, 2.24) is 10.2 Å². The van der Waals surface area contributed by atoms with Crippen molar-refractivity contribution in [3.63, 3.8) is 0 Å². The van der Waals surface area contributed by atoms with E-state index in [2.05, 4.69) is 36.2 Å². The number of aliphatic hydroxyl groups is 1. The number of rotatable bonds is 2. The number of hydrogen-bond acceptors (Lipinski definition) is 5. The third-order valence-electron chi connectivity index (χ3n) is 7.79.